The van der Waals surface area contributed by atoms with Gasteiger partial charge >= 0.3 is 5.97 Å². The molecule has 0 aliphatic heterocycles. The fourth-order valence-corrected chi connectivity index (χ4v) is 2.11. The number of aliphatic carboxylic acids is 1. The lowest BCUT2D eigenvalue weighted by atomic mass is 10.2. The van der Waals surface area contributed by atoms with Crippen molar-refractivity contribution in [2.75, 3.05) is 6.61 Å². The van der Waals surface area contributed by atoms with Crippen molar-refractivity contribution in [3.63, 3.8) is 0 Å². The highest BCUT2D eigenvalue weighted by Gasteiger charge is 2.29. The van der Waals surface area contributed by atoms with Crippen LogP contribution in [0, 0.1) is 0 Å². The maximum absolute atomic E-state index is 11.4. The van der Waals surface area contributed by atoms with Gasteiger partial charge < -0.3 is 19.7 Å². The molecule has 5 nitrogen and oxygen atoms in total. The first-order valence-electron chi connectivity index (χ1n) is 7.35. The van der Waals surface area contributed by atoms with Crippen LogP contribution in [-0.4, -0.2) is 35.0 Å². The van der Waals surface area contributed by atoms with Crippen LogP contribution >= 0.6 is 0 Å². The second kappa shape index (κ2) is 9.05. The normalized spacial score (nSPS) is 13.4. The van der Waals surface area contributed by atoms with E-state index in [-0.39, 0.29) is 13.2 Å². The topological polar surface area (TPSA) is 76.0 Å². The maximum Gasteiger partial charge on any atom is 0.335 e. The van der Waals surface area contributed by atoms with Gasteiger partial charge in [-0.15, -0.1) is 0 Å². The fourth-order valence-electron chi connectivity index (χ4n) is 2.11. The summed E-state index contributed by atoms with van der Waals surface area (Å²) in [7, 11) is 0. The molecule has 0 aliphatic rings. The Balaban J connectivity index is 1.94. The highest BCUT2D eigenvalue weighted by molar-refractivity contribution is 5.73. The minimum atomic E-state index is -1.23. The van der Waals surface area contributed by atoms with Crippen LogP contribution in [0.2, 0.25) is 0 Å². The predicted molar refractivity (Wildman–Crippen MR) is 84.8 cm³/mol. The number of carbonyl (C=O) groups is 1. The molecule has 0 fully saturated rings. The second-order valence-corrected chi connectivity index (χ2v) is 5.07. The number of rotatable bonds is 9. The molecule has 0 amide bonds. The molecule has 0 saturated carbocycles. The number of ether oxygens (including phenoxy) is 2. The summed E-state index contributed by atoms with van der Waals surface area (Å²) in [6.07, 6.45) is -2.17. The van der Waals surface area contributed by atoms with Crippen LogP contribution in [0.25, 0.3) is 0 Å². The molecule has 0 aromatic heterocycles. The van der Waals surface area contributed by atoms with E-state index in [2.05, 4.69) is 0 Å². The number of aliphatic hydroxyl groups is 1. The molecule has 0 saturated heterocycles. The highest BCUT2D eigenvalue weighted by atomic mass is 16.6. The van der Waals surface area contributed by atoms with Gasteiger partial charge in [-0.2, -0.15) is 0 Å². The first-order valence-corrected chi connectivity index (χ1v) is 7.35. The highest BCUT2D eigenvalue weighted by Crippen LogP contribution is 2.12. The Morgan fingerprint density at radius 1 is 0.870 bits per heavy atom. The molecule has 0 radical (unpaired) electrons. The van der Waals surface area contributed by atoms with Gasteiger partial charge in [0.15, 0.2) is 6.10 Å². The molecule has 0 aliphatic carbocycles. The Labute approximate surface area is 135 Å². The van der Waals surface area contributed by atoms with Crippen LogP contribution in [0.4, 0.5) is 0 Å². The Bertz CT molecular complexity index is 585. The summed E-state index contributed by atoms with van der Waals surface area (Å²) in [6.45, 7) is -0.0772. The molecule has 0 unspecified atom stereocenters. The molecule has 2 aromatic rings. The van der Waals surface area contributed by atoms with Crippen LogP contribution in [0.5, 0.6) is 0 Å². The average Bonchev–Trinajstić information content (AvgIpc) is 2.59. The van der Waals surface area contributed by atoms with Gasteiger partial charge in [-0.25, -0.2) is 4.79 Å². The van der Waals surface area contributed by atoms with Crippen LogP contribution in [0.1, 0.15) is 11.1 Å². The monoisotopic (exact) mass is 316 g/mol. The molecule has 2 aromatic carbocycles. The first-order chi connectivity index (χ1) is 11.2. The standard InChI is InChI=1S/C18H20O5/c19-11-16(22-12-14-7-3-1-4-8-14)17(18(20)21)23-13-15-9-5-2-6-10-15/h1-10,16-17,19H,11-13H2,(H,20,21)/t16-,17-/m1/s1. The molecule has 5 heteroatoms. The summed E-state index contributed by atoms with van der Waals surface area (Å²) in [5, 5.41) is 18.8. The minimum absolute atomic E-state index is 0.142. The molecule has 2 rings (SSSR count). The summed E-state index contributed by atoms with van der Waals surface area (Å²) in [6, 6.07) is 18.6. The number of benzene rings is 2. The second-order valence-electron chi connectivity index (χ2n) is 5.07. The van der Waals surface area contributed by atoms with Gasteiger partial charge in [0, 0.05) is 0 Å². The Morgan fingerprint density at radius 2 is 1.35 bits per heavy atom. The Hall–Kier alpha value is -2.21. The lowest BCUT2D eigenvalue weighted by Crippen LogP contribution is -2.40. The molecule has 23 heavy (non-hydrogen) atoms. The summed E-state index contributed by atoms with van der Waals surface area (Å²) in [5.74, 6) is -1.16. The van der Waals surface area contributed by atoms with E-state index >= 15 is 0 Å². The molecule has 0 heterocycles. The van der Waals surface area contributed by atoms with Gasteiger partial charge in [0.05, 0.1) is 19.8 Å². The zero-order valence-corrected chi connectivity index (χ0v) is 12.7. The van der Waals surface area contributed by atoms with Gasteiger partial charge in [0.2, 0.25) is 0 Å². The Kier molecular flexibility index (Phi) is 6.75. The summed E-state index contributed by atoms with van der Waals surface area (Å²) < 4.78 is 11.0. The number of carboxylic acid groups (broad SMARTS) is 1. The van der Waals surface area contributed by atoms with Crippen molar-refractivity contribution in [2.24, 2.45) is 0 Å². The summed E-state index contributed by atoms with van der Waals surface area (Å²) >= 11 is 0. The quantitative estimate of drug-likeness (QED) is 0.742. The van der Waals surface area contributed by atoms with Crippen LogP contribution in [-0.2, 0) is 27.5 Å². The molecule has 0 bridgehead atoms. The van der Waals surface area contributed by atoms with E-state index in [1.807, 2.05) is 60.7 Å². The van der Waals surface area contributed by atoms with Gasteiger partial charge in [0.25, 0.3) is 0 Å². The zero-order valence-electron chi connectivity index (χ0n) is 12.7. The third kappa shape index (κ3) is 5.49. The van der Waals surface area contributed by atoms with E-state index in [9.17, 15) is 15.0 Å². The average molecular weight is 316 g/mol. The van der Waals surface area contributed by atoms with Crippen molar-refractivity contribution >= 4 is 5.97 Å². The van der Waals surface area contributed by atoms with Crippen LogP contribution < -0.4 is 0 Å². The van der Waals surface area contributed by atoms with Crippen LogP contribution in [0.15, 0.2) is 60.7 Å². The molecule has 122 valence electrons. The van der Waals surface area contributed by atoms with Crippen molar-refractivity contribution in [3.05, 3.63) is 71.8 Å². The van der Waals surface area contributed by atoms with Gasteiger partial charge in [0.1, 0.15) is 6.10 Å². The lowest BCUT2D eigenvalue weighted by Gasteiger charge is -2.23. The largest absolute Gasteiger partial charge is 0.479 e. The molecular formula is C18H20O5. The summed E-state index contributed by atoms with van der Waals surface area (Å²) in [4.78, 5) is 11.4. The smallest absolute Gasteiger partial charge is 0.335 e. The van der Waals surface area contributed by atoms with E-state index in [0.29, 0.717) is 0 Å². The molecule has 0 spiro atoms. The number of hydrogen-bond acceptors (Lipinski definition) is 4. The first kappa shape index (κ1) is 17.1. The molecule has 2 atom stereocenters. The minimum Gasteiger partial charge on any atom is -0.479 e. The van der Waals surface area contributed by atoms with E-state index in [1.165, 1.54) is 0 Å². The van der Waals surface area contributed by atoms with E-state index in [0.717, 1.165) is 11.1 Å². The third-order valence-electron chi connectivity index (χ3n) is 3.34. The molecule has 2 N–H and O–H groups in total. The van der Waals surface area contributed by atoms with Crippen molar-refractivity contribution in [2.45, 2.75) is 25.4 Å². The maximum atomic E-state index is 11.4. The van der Waals surface area contributed by atoms with Crippen molar-refractivity contribution < 1.29 is 24.5 Å². The van der Waals surface area contributed by atoms with Gasteiger partial charge in [-0.1, -0.05) is 60.7 Å². The predicted octanol–water partition coefficient (Wildman–Crippen LogP) is 2.23. The Morgan fingerprint density at radius 3 is 1.78 bits per heavy atom. The van der Waals surface area contributed by atoms with Crippen molar-refractivity contribution in [3.8, 4) is 0 Å². The van der Waals surface area contributed by atoms with E-state index in [4.69, 9.17) is 9.47 Å². The number of hydrogen-bond donors (Lipinski definition) is 2. The van der Waals surface area contributed by atoms with E-state index < -0.39 is 24.8 Å². The van der Waals surface area contributed by atoms with Gasteiger partial charge in [-0.05, 0) is 11.1 Å². The zero-order chi connectivity index (χ0) is 16.5. The van der Waals surface area contributed by atoms with E-state index in [1.54, 1.807) is 0 Å². The lowest BCUT2D eigenvalue weighted by molar-refractivity contribution is -0.168. The molecular weight excluding hydrogens is 296 g/mol. The number of carboxylic acids is 1. The third-order valence-corrected chi connectivity index (χ3v) is 3.34. The fraction of sp³-hybridized carbons (Fsp3) is 0.278. The summed E-state index contributed by atoms with van der Waals surface area (Å²) in [5.41, 5.74) is 1.76. The van der Waals surface area contributed by atoms with Crippen LogP contribution in [0.3, 0.4) is 0 Å². The van der Waals surface area contributed by atoms with Crippen molar-refractivity contribution in [1.82, 2.24) is 0 Å². The van der Waals surface area contributed by atoms with Crippen molar-refractivity contribution in [1.29, 1.82) is 0 Å². The number of aliphatic hydroxyl groups excluding tert-OH is 1. The SMILES string of the molecule is O=C(O)[C@H](OCc1ccccc1)[C@@H](CO)OCc1ccccc1. The van der Waals surface area contributed by atoms with Gasteiger partial charge in [-0.3, -0.25) is 0 Å².